The first-order chi connectivity index (χ1) is 15.8. The molecule has 1 aliphatic rings. The number of nitrogens with zero attached hydrogens (tertiary/aromatic N) is 1. The van der Waals surface area contributed by atoms with Gasteiger partial charge in [-0.15, -0.1) is 6.42 Å². The van der Waals surface area contributed by atoms with E-state index in [0.29, 0.717) is 28.6 Å². The summed E-state index contributed by atoms with van der Waals surface area (Å²) in [6.07, 6.45) is 6.73. The third-order valence-electron chi connectivity index (χ3n) is 4.25. The van der Waals surface area contributed by atoms with Gasteiger partial charge in [-0.05, 0) is 54.6 Å². The molecule has 0 bridgehead atoms. The lowest BCUT2D eigenvalue weighted by Crippen LogP contribution is -2.36. The minimum atomic E-state index is -0.596. The minimum absolute atomic E-state index is 0.00822. The van der Waals surface area contributed by atoms with Gasteiger partial charge < -0.3 is 14.8 Å². The molecule has 1 fully saturated rings. The van der Waals surface area contributed by atoms with Crippen molar-refractivity contribution in [1.29, 1.82) is 0 Å². The summed E-state index contributed by atoms with van der Waals surface area (Å²) in [5, 5.41) is 2.60. The molecule has 33 heavy (non-hydrogen) atoms. The molecule has 1 aliphatic heterocycles. The quantitative estimate of drug-likeness (QED) is 0.398. The van der Waals surface area contributed by atoms with Gasteiger partial charge in [0, 0.05) is 0 Å². The van der Waals surface area contributed by atoms with Gasteiger partial charge in [-0.2, -0.15) is 0 Å². The number of rotatable bonds is 8. The number of para-hydroxylation sites is 1. The lowest BCUT2D eigenvalue weighted by molar-refractivity contribution is -0.127. The number of halogens is 2. The number of terminal acetylenes is 1. The number of ether oxygens (including phenoxy) is 2. The molecule has 3 amide bonds. The van der Waals surface area contributed by atoms with Crippen molar-refractivity contribution in [3.63, 3.8) is 0 Å². The topological polar surface area (TPSA) is 84.9 Å². The van der Waals surface area contributed by atoms with Gasteiger partial charge in [0.15, 0.2) is 11.5 Å². The average molecular weight is 505 g/mol. The van der Waals surface area contributed by atoms with E-state index in [9.17, 15) is 14.4 Å². The molecular formula is C23H18Cl2N2O5S. The van der Waals surface area contributed by atoms with Gasteiger partial charge in [-0.25, -0.2) is 0 Å². The van der Waals surface area contributed by atoms with Crippen LogP contribution >= 0.6 is 35.0 Å². The summed E-state index contributed by atoms with van der Waals surface area (Å²) in [6, 6.07) is 9.84. The second-order valence-electron chi connectivity index (χ2n) is 6.55. The molecule has 1 heterocycles. The van der Waals surface area contributed by atoms with Crippen LogP contribution in [0.1, 0.15) is 12.5 Å². The zero-order valence-corrected chi connectivity index (χ0v) is 19.7. The summed E-state index contributed by atoms with van der Waals surface area (Å²) in [4.78, 5) is 38.5. The van der Waals surface area contributed by atoms with E-state index in [1.807, 2.05) is 0 Å². The lowest BCUT2D eigenvalue weighted by Gasteiger charge is -2.13. The molecule has 0 spiro atoms. The van der Waals surface area contributed by atoms with E-state index in [1.165, 1.54) is 6.08 Å². The second kappa shape index (κ2) is 11.1. The predicted molar refractivity (Wildman–Crippen MR) is 130 cm³/mol. The Morgan fingerprint density at radius 2 is 1.97 bits per heavy atom. The Kier molecular flexibility index (Phi) is 8.28. The lowest BCUT2D eigenvalue weighted by atomic mass is 10.1. The summed E-state index contributed by atoms with van der Waals surface area (Å²) < 4.78 is 11.0. The van der Waals surface area contributed by atoms with E-state index in [2.05, 4.69) is 11.2 Å². The maximum Gasteiger partial charge on any atom is 0.294 e. The van der Waals surface area contributed by atoms with Gasteiger partial charge in [-0.1, -0.05) is 41.3 Å². The van der Waals surface area contributed by atoms with Crippen LogP contribution in [0.5, 0.6) is 11.5 Å². The first kappa shape index (κ1) is 24.5. The molecule has 0 saturated carbocycles. The molecule has 170 valence electrons. The third kappa shape index (κ3) is 6.02. The van der Waals surface area contributed by atoms with Crippen LogP contribution in [0.15, 0.2) is 41.3 Å². The highest BCUT2D eigenvalue weighted by atomic mass is 35.5. The first-order valence-electron chi connectivity index (χ1n) is 9.66. The van der Waals surface area contributed by atoms with E-state index >= 15 is 0 Å². The summed E-state index contributed by atoms with van der Waals surface area (Å²) >= 11 is 13.1. The molecule has 2 aromatic rings. The number of hydrogen-bond donors (Lipinski definition) is 1. The molecule has 0 radical (unpaired) electrons. The summed E-state index contributed by atoms with van der Waals surface area (Å²) in [7, 11) is 0. The number of anilines is 1. The smallest absolute Gasteiger partial charge is 0.294 e. The largest absolute Gasteiger partial charge is 0.490 e. The maximum absolute atomic E-state index is 12.8. The summed E-state index contributed by atoms with van der Waals surface area (Å²) in [5.74, 6) is 1.85. The van der Waals surface area contributed by atoms with Crippen LogP contribution in [-0.4, -0.2) is 41.7 Å². The maximum atomic E-state index is 12.8. The molecule has 0 aliphatic carbocycles. The number of hydrogen-bond acceptors (Lipinski definition) is 6. The zero-order valence-electron chi connectivity index (χ0n) is 17.4. The molecule has 7 nitrogen and oxygen atoms in total. The number of carbonyl (C=O) groups is 3. The normalized spacial score (nSPS) is 14.4. The van der Waals surface area contributed by atoms with Crippen molar-refractivity contribution in [1.82, 2.24) is 4.90 Å². The van der Waals surface area contributed by atoms with Crippen LogP contribution in [0.25, 0.3) is 6.08 Å². The van der Waals surface area contributed by atoms with Crippen molar-refractivity contribution in [2.75, 3.05) is 25.1 Å². The van der Waals surface area contributed by atoms with Crippen molar-refractivity contribution < 1.29 is 23.9 Å². The Bertz CT molecular complexity index is 1180. The molecule has 1 saturated heterocycles. The van der Waals surface area contributed by atoms with Crippen LogP contribution in [0, 0.1) is 12.3 Å². The number of imide groups is 1. The van der Waals surface area contributed by atoms with Crippen molar-refractivity contribution in [2.45, 2.75) is 6.92 Å². The van der Waals surface area contributed by atoms with Gasteiger partial charge in [0.2, 0.25) is 5.91 Å². The van der Waals surface area contributed by atoms with E-state index in [1.54, 1.807) is 43.3 Å². The highest BCUT2D eigenvalue weighted by molar-refractivity contribution is 8.18. The van der Waals surface area contributed by atoms with Gasteiger partial charge >= 0.3 is 0 Å². The SMILES string of the molecule is C#CCOc1c(Cl)cc(/C=C2/SC(=O)N(CC(=O)Nc3ccccc3Cl)C2=O)cc1OCC. The molecule has 2 aromatic carbocycles. The fraction of sp³-hybridized carbons (Fsp3) is 0.174. The highest BCUT2D eigenvalue weighted by Crippen LogP contribution is 2.39. The summed E-state index contributed by atoms with van der Waals surface area (Å²) in [5.41, 5.74) is 0.902. The van der Waals surface area contributed by atoms with E-state index in [4.69, 9.17) is 39.1 Å². The van der Waals surface area contributed by atoms with Crippen LogP contribution in [0.3, 0.4) is 0 Å². The molecule has 0 atom stereocenters. The molecular weight excluding hydrogens is 487 g/mol. The average Bonchev–Trinajstić information content (AvgIpc) is 3.02. The Balaban J connectivity index is 1.78. The first-order valence-corrected chi connectivity index (χ1v) is 11.2. The Morgan fingerprint density at radius 1 is 1.21 bits per heavy atom. The number of benzene rings is 2. The predicted octanol–water partition coefficient (Wildman–Crippen LogP) is 5.08. The zero-order chi connectivity index (χ0) is 24.0. The van der Waals surface area contributed by atoms with E-state index in [-0.39, 0.29) is 22.3 Å². The van der Waals surface area contributed by atoms with E-state index < -0.39 is 23.6 Å². The fourth-order valence-corrected chi connectivity index (χ4v) is 4.17. The van der Waals surface area contributed by atoms with Crippen molar-refractivity contribution in [3.8, 4) is 23.8 Å². The monoisotopic (exact) mass is 504 g/mol. The number of nitrogens with one attached hydrogen (secondary N) is 1. The molecule has 0 aromatic heterocycles. The molecule has 0 unspecified atom stereocenters. The Hall–Kier alpha value is -3.12. The van der Waals surface area contributed by atoms with Gasteiger partial charge in [0.05, 0.1) is 27.2 Å². The second-order valence-corrected chi connectivity index (χ2v) is 8.36. The van der Waals surface area contributed by atoms with Crippen molar-refractivity contribution >= 4 is 63.8 Å². The fourth-order valence-electron chi connectivity index (χ4n) is 2.87. The summed E-state index contributed by atoms with van der Waals surface area (Å²) in [6.45, 7) is 1.71. The van der Waals surface area contributed by atoms with E-state index in [0.717, 1.165) is 16.7 Å². The van der Waals surface area contributed by atoms with Crippen molar-refractivity contribution in [2.24, 2.45) is 0 Å². The van der Waals surface area contributed by atoms with Crippen LogP contribution < -0.4 is 14.8 Å². The number of amides is 3. The van der Waals surface area contributed by atoms with Gasteiger partial charge in [0.1, 0.15) is 13.2 Å². The minimum Gasteiger partial charge on any atom is -0.490 e. The highest BCUT2D eigenvalue weighted by Gasteiger charge is 2.36. The number of carbonyl (C=O) groups excluding carboxylic acids is 3. The number of thioether (sulfide) groups is 1. The van der Waals surface area contributed by atoms with Crippen molar-refractivity contribution in [3.05, 3.63) is 56.9 Å². The standard InChI is InChI=1S/C23H18Cl2N2O5S/c1-3-9-32-21-16(25)10-14(11-18(21)31-4-2)12-19-22(29)27(23(30)33-19)13-20(28)26-17-8-6-5-7-15(17)24/h1,5-8,10-12H,4,9,13H2,2H3,(H,26,28)/b19-12+. The van der Waals surface area contributed by atoms with Gasteiger partial charge in [0.25, 0.3) is 11.1 Å². The van der Waals surface area contributed by atoms with Crippen LogP contribution in [0.4, 0.5) is 10.5 Å². The third-order valence-corrected chi connectivity index (χ3v) is 5.77. The van der Waals surface area contributed by atoms with Crippen LogP contribution in [-0.2, 0) is 9.59 Å². The Labute approximate surface area is 205 Å². The Morgan fingerprint density at radius 3 is 2.67 bits per heavy atom. The molecule has 1 N–H and O–H groups in total. The molecule has 10 heteroatoms. The van der Waals surface area contributed by atoms with Gasteiger partial charge in [-0.3, -0.25) is 19.3 Å². The molecule has 3 rings (SSSR count). The van der Waals surface area contributed by atoms with Crippen LogP contribution in [0.2, 0.25) is 10.0 Å².